The Morgan fingerprint density at radius 1 is 1.24 bits per heavy atom. The van der Waals surface area contributed by atoms with Crippen LogP contribution in [0.3, 0.4) is 0 Å². The van der Waals surface area contributed by atoms with Crippen molar-refractivity contribution in [2.24, 2.45) is 0 Å². The highest BCUT2D eigenvalue weighted by Gasteiger charge is 2.52. The van der Waals surface area contributed by atoms with Crippen molar-refractivity contribution in [2.45, 2.75) is 12.5 Å². The molecule has 0 N–H and O–H groups in total. The zero-order chi connectivity index (χ0) is 12.8. The van der Waals surface area contributed by atoms with Crippen molar-refractivity contribution < 1.29 is 14.0 Å². The lowest BCUT2D eigenvalue weighted by molar-refractivity contribution is -0.131. The van der Waals surface area contributed by atoms with Crippen LogP contribution in [0.25, 0.3) is 0 Å². The molecule has 1 aromatic rings. The van der Waals surface area contributed by atoms with Gasteiger partial charge in [-0.25, -0.2) is 9.18 Å². The van der Waals surface area contributed by atoms with Gasteiger partial charge in [-0.2, -0.15) is 0 Å². The molecular formula is C12H13FN2O2. The summed E-state index contributed by atoms with van der Waals surface area (Å²) in [6.45, 7) is 1.62. The molecule has 1 aliphatic rings. The van der Waals surface area contributed by atoms with Crippen LogP contribution < -0.4 is 0 Å². The molecule has 0 saturated carbocycles. The summed E-state index contributed by atoms with van der Waals surface area (Å²) >= 11 is 0. The molecule has 0 aromatic heterocycles. The van der Waals surface area contributed by atoms with Crippen molar-refractivity contribution in [1.82, 2.24) is 9.80 Å². The molecule has 1 atom stereocenters. The van der Waals surface area contributed by atoms with E-state index in [4.69, 9.17) is 0 Å². The smallest absolute Gasteiger partial charge is 0.309 e. The van der Waals surface area contributed by atoms with Crippen LogP contribution in [0.4, 0.5) is 9.18 Å². The Bertz CT molecular complexity index is 503. The summed E-state index contributed by atoms with van der Waals surface area (Å²) in [5.41, 5.74) is -0.656. The number of carbonyl (C=O) groups is 2. The summed E-state index contributed by atoms with van der Waals surface area (Å²) in [5, 5.41) is 0. The lowest BCUT2D eigenvalue weighted by Crippen LogP contribution is -2.42. The topological polar surface area (TPSA) is 40.6 Å². The molecule has 17 heavy (non-hydrogen) atoms. The molecule has 1 saturated heterocycles. The number of rotatable bonds is 1. The lowest BCUT2D eigenvalue weighted by atomic mass is 9.91. The van der Waals surface area contributed by atoms with Crippen LogP contribution in [-0.4, -0.2) is 35.8 Å². The van der Waals surface area contributed by atoms with Gasteiger partial charge >= 0.3 is 6.03 Å². The maximum absolute atomic E-state index is 13.2. The van der Waals surface area contributed by atoms with Crippen molar-refractivity contribution in [3.8, 4) is 0 Å². The second kappa shape index (κ2) is 3.55. The molecule has 0 spiro atoms. The van der Waals surface area contributed by atoms with Crippen molar-refractivity contribution >= 4 is 11.9 Å². The normalized spacial score (nSPS) is 24.7. The second-order valence-corrected chi connectivity index (χ2v) is 4.29. The first kappa shape index (κ1) is 11.6. The quantitative estimate of drug-likeness (QED) is 0.694. The average molecular weight is 236 g/mol. The zero-order valence-electron chi connectivity index (χ0n) is 9.90. The van der Waals surface area contributed by atoms with Crippen molar-refractivity contribution in [2.75, 3.05) is 14.1 Å². The van der Waals surface area contributed by atoms with Crippen molar-refractivity contribution in [3.63, 3.8) is 0 Å². The molecule has 0 radical (unpaired) electrons. The highest BCUT2D eigenvalue weighted by atomic mass is 19.1. The van der Waals surface area contributed by atoms with Gasteiger partial charge in [0.15, 0.2) is 0 Å². The number of hydrogen-bond acceptors (Lipinski definition) is 2. The zero-order valence-corrected chi connectivity index (χ0v) is 9.90. The van der Waals surface area contributed by atoms with E-state index in [1.54, 1.807) is 13.0 Å². The third kappa shape index (κ3) is 1.42. The van der Waals surface area contributed by atoms with Gasteiger partial charge in [0.2, 0.25) is 0 Å². The third-order valence-corrected chi connectivity index (χ3v) is 3.35. The Kier molecular flexibility index (Phi) is 2.41. The average Bonchev–Trinajstić information content (AvgIpc) is 2.46. The van der Waals surface area contributed by atoms with Crippen LogP contribution in [0.1, 0.15) is 12.5 Å². The van der Waals surface area contributed by atoms with E-state index >= 15 is 0 Å². The van der Waals surface area contributed by atoms with Crippen LogP contribution >= 0.6 is 0 Å². The molecule has 2 rings (SSSR count). The fourth-order valence-electron chi connectivity index (χ4n) is 2.08. The number of hydrogen-bond donors (Lipinski definition) is 0. The predicted octanol–water partition coefficient (Wildman–Crippen LogP) is 1.56. The number of carbonyl (C=O) groups excluding carboxylic acids is 2. The summed E-state index contributed by atoms with van der Waals surface area (Å²) in [4.78, 5) is 26.2. The highest BCUT2D eigenvalue weighted by molar-refractivity contribution is 6.06. The standard InChI is InChI=1S/C12H13FN2O2/c1-12(8-5-4-6-9(13)7-8)10(16)14(2)11(17)15(12)3/h4-7H,1-3H3. The van der Waals surface area contributed by atoms with E-state index < -0.39 is 11.4 Å². The largest absolute Gasteiger partial charge is 0.327 e. The summed E-state index contributed by atoms with van der Waals surface area (Å²) in [6, 6.07) is 5.37. The third-order valence-electron chi connectivity index (χ3n) is 3.35. The van der Waals surface area contributed by atoms with Crippen LogP contribution in [0.15, 0.2) is 24.3 Å². The minimum atomic E-state index is -1.13. The van der Waals surface area contributed by atoms with Gasteiger partial charge < -0.3 is 4.90 Å². The van der Waals surface area contributed by atoms with Crippen LogP contribution in [-0.2, 0) is 10.3 Å². The molecule has 1 heterocycles. The van der Waals surface area contributed by atoms with Gasteiger partial charge in [-0.05, 0) is 24.6 Å². The summed E-state index contributed by atoms with van der Waals surface area (Å²) in [7, 11) is 2.96. The number of benzene rings is 1. The molecule has 1 aromatic carbocycles. The minimum absolute atomic E-state index is 0.351. The predicted molar refractivity (Wildman–Crippen MR) is 59.7 cm³/mol. The van der Waals surface area contributed by atoms with Crippen LogP contribution in [0.2, 0.25) is 0 Å². The fraction of sp³-hybridized carbons (Fsp3) is 0.333. The van der Waals surface area contributed by atoms with Crippen molar-refractivity contribution in [1.29, 1.82) is 0 Å². The Hall–Kier alpha value is -1.91. The Labute approximate surface area is 98.6 Å². The Morgan fingerprint density at radius 3 is 2.35 bits per heavy atom. The van der Waals surface area contributed by atoms with Gasteiger partial charge in [0, 0.05) is 14.1 Å². The Morgan fingerprint density at radius 2 is 1.88 bits per heavy atom. The molecule has 4 nitrogen and oxygen atoms in total. The Balaban J connectivity index is 2.56. The maximum atomic E-state index is 13.2. The van der Waals surface area contributed by atoms with E-state index in [1.807, 2.05) is 0 Å². The van der Waals surface area contributed by atoms with Crippen molar-refractivity contribution in [3.05, 3.63) is 35.6 Å². The SMILES string of the molecule is CN1C(=O)N(C)C(C)(c2cccc(F)c2)C1=O. The molecule has 1 aliphatic heterocycles. The van der Waals surface area contributed by atoms with E-state index in [9.17, 15) is 14.0 Å². The maximum Gasteiger partial charge on any atom is 0.327 e. The lowest BCUT2D eigenvalue weighted by Gasteiger charge is -2.28. The second-order valence-electron chi connectivity index (χ2n) is 4.29. The van der Waals surface area contributed by atoms with E-state index in [1.165, 1.54) is 37.2 Å². The van der Waals surface area contributed by atoms with E-state index in [2.05, 4.69) is 0 Å². The van der Waals surface area contributed by atoms with Gasteiger partial charge in [0.05, 0.1) is 0 Å². The number of halogens is 1. The first-order valence-corrected chi connectivity index (χ1v) is 5.21. The fourth-order valence-corrected chi connectivity index (χ4v) is 2.08. The molecular weight excluding hydrogens is 223 g/mol. The summed E-state index contributed by atoms with van der Waals surface area (Å²) in [6.07, 6.45) is 0. The number of amides is 3. The van der Waals surface area contributed by atoms with E-state index in [-0.39, 0.29) is 11.9 Å². The summed E-state index contributed by atoms with van der Waals surface area (Å²) in [5.74, 6) is -0.775. The van der Waals surface area contributed by atoms with Crippen LogP contribution in [0.5, 0.6) is 0 Å². The van der Waals surface area contributed by atoms with Gasteiger partial charge in [-0.3, -0.25) is 9.69 Å². The number of likely N-dealkylation sites (N-methyl/N-ethyl adjacent to an activating group) is 2. The van der Waals surface area contributed by atoms with Crippen LogP contribution in [0, 0.1) is 5.82 Å². The summed E-state index contributed by atoms with van der Waals surface area (Å²) < 4.78 is 13.2. The monoisotopic (exact) mass is 236 g/mol. The minimum Gasteiger partial charge on any atom is -0.309 e. The molecule has 90 valence electrons. The number of imide groups is 1. The van der Waals surface area contributed by atoms with E-state index in [0.717, 1.165) is 4.90 Å². The van der Waals surface area contributed by atoms with Gasteiger partial charge in [-0.1, -0.05) is 12.1 Å². The first-order chi connectivity index (χ1) is 7.89. The molecule has 0 bridgehead atoms. The highest BCUT2D eigenvalue weighted by Crippen LogP contribution is 2.35. The molecule has 0 aliphatic carbocycles. The van der Waals surface area contributed by atoms with E-state index in [0.29, 0.717) is 5.56 Å². The first-order valence-electron chi connectivity index (χ1n) is 5.21. The molecule has 5 heteroatoms. The molecule has 3 amide bonds. The number of urea groups is 1. The van der Waals surface area contributed by atoms with Gasteiger partial charge in [-0.15, -0.1) is 0 Å². The van der Waals surface area contributed by atoms with Gasteiger partial charge in [0.1, 0.15) is 11.4 Å². The molecule has 1 fully saturated rings. The number of nitrogens with zero attached hydrogens (tertiary/aromatic N) is 2. The molecule has 1 unspecified atom stereocenters. The van der Waals surface area contributed by atoms with Gasteiger partial charge in [0.25, 0.3) is 5.91 Å².